The van der Waals surface area contributed by atoms with Crippen LogP contribution < -0.4 is 9.47 Å². The van der Waals surface area contributed by atoms with Gasteiger partial charge in [-0.1, -0.05) is 61.7 Å². The van der Waals surface area contributed by atoms with Crippen molar-refractivity contribution in [3.05, 3.63) is 94.5 Å². The molecule has 0 saturated heterocycles. The molecular formula is C37H46O8Si. The summed E-state index contributed by atoms with van der Waals surface area (Å²) in [6.45, 7) is 13.1. The van der Waals surface area contributed by atoms with Crippen LogP contribution in [0.4, 0.5) is 0 Å². The van der Waals surface area contributed by atoms with Gasteiger partial charge in [-0.05, 0) is 61.9 Å². The molecule has 0 spiro atoms. The van der Waals surface area contributed by atoms with Crippen molar-refractivity contribution in [3.8, 4) is 34.8 Å². The van der Waals surface area contributed by atoms with E-state index in [1.165, 1.54) is 0 Å². The van der Waals surface area contributed by atoms with Gasteiger partial charge in [0.25, 0.3) is 0 Å². The first-order chi connectivity index (χ1) is 22.2. The summed E-state index contributed by atoms with van der Waals surface area (Å²) >= 11 is 0. The normalized spacial score (nSPS) is 10.3. The van der Waals surface area contributed by atoms with E-state index in [-0.39, 0.29) is 19.6 Å². The summed E-state index contributed by atoms with van der Waals surface area (Å²) in [6.07, 6.45) is 0. The van der Waals surface area contributed by atoms with Crippen LogP contribution in [-0.2, 0) is 23.7 Å². The minimum atomic E-state index is -1.34. The monoisotopic (exact) mass is 646 g/mol. The summed E-state index contributed by atoms with van der Waals surface area (Å²) < 4.78 is 36.5. The zero-order chi connectivity index (χ0) is 33.6. The second kappa shape index (κ2) is 21.6. The van der Waals surface area contributed by atoms with E-state index in [0.29, 0.717) is 49.9 Å². The van der Waals surface area contributed by atoms with Gasteiger partial charge in [-0.3, -0.25) is 0 Å². The molecule has 0 aromatic heterocycles. The predicted octanol–water partition coefficient (Wildman–Crippen LogP) is 6.49. The molecular weight excluding hydrogens is 600 g/mol. The third kappa shape index (κ3) is 15.8. The molecule has 0 aliphatic rings. The van der Waals surface area contributed by atoms with E-state index in [2.05, 4.69) is 42.9 Å². The zero-order valence-corrected chi connectivity index (χ0v) is 29.1. The number of rotatable bonds is 14. The predicted molar refractivity (Wildman–Crippen MR) is 183 cm³/mol. The summed E-state index contributed by atoms with van der Waals surface area (Å²) in [5, 5.41) is 0. The minimum Gasteiger partial charge on any atom is -0.468 e. The molecule has 9 heteroatoms. The van der Waals surface area contributed by atoms with E-state index >= 15 is 0 Å². The second-order valence-corrected chi connectivity index (χ2v) is 15.6. The molecule has 3 aromatic rings. The Hall–Kier alpha value is -4.09. The zero-order valence-electron chi connectivity index (χ0n) is 28.1. The molecule has 0 amide bonds. The summed E-state index contributed by atoms with van der Waals surface area (Å²) in [4.78, 5) is 12.2. The summed E-state index contributed by atoms with van der Waals surface area (Å²) in [7, 11) is 1.92. The van der Waals surface area contributed by atoms with Crippen LogP contribution >= 0.6 is 0 Å². The van der Waals surface area contributed by atoms with Crippen molar-refractivity contribution >= 4 is 14.0 Å². The van der Waals surface area contributed by atoms with Crippen molar-refractivity contribution in [2.75, 3.05) is 60.8 Å². The van der Waals surface area contributed by atoms with Gasteiger partial charge in [-0.2, -0.15) is 0 Å². The highest BCUT2D eigenvalue weighted by molar-refractivity contribution is 6.83. The van der Waals surface area contributed by atoms with E-state index in [9.17, 15) is 4.79 Å². The summed E-state index contributed by atoms with van der Waals surface area (Å²) in [6, 6.07) is 20.7. The highest BCUT2D eigenvalue weighted by atomic mass is 28.3. The van der Waals surface area contributed by atoms with Crippen molar-refractivity contribution in [1.29, 1.82) is 0 Å². The number of carbonyl (C=O) groups is 1. The Morgan fingerprint density at radius 2 is 1.26 bits per heavy atom. The molecule has 0 N–H and O–H groups in total. The van der Waals surface area contributed by atoms with Gasteiger partial charge < -0.3 is 33.2 Å². The molecule has 0 atom stereocenters. The van der Waals surface area contributed by atoms with E-state index in [1.807, 2.05) is 73.7 Å². The van der Waals surface area contributed by atoms with Crippen LogP contribution in [0.25, 0.3) is 0 Å². The standard InChI is InChI=1S/C22H24O5.C15H22O3Si/c1-4-26-22(23)21-17(2)7-5-9-19(21)12-11-18-8-6-10-20(15-18)27-16-25-14-13-24-3;1-16-9-10-17-13-18-15-7-5-6-14(12-15)8-11-19(2,3)4/h5-10,15H,4,13-14,16H2,1-3H3;5-7,12H,9-10,13H2,1-4H3. The first-order valence-electron chi connectivity index (χ1n) is 15.1. The maximum Gasteiger partial charge on any atom is 0.339 e. The Morgan fingerprint density at radius 3 is 1.78 bits per heavy atom. The molecule has 0 heterocycles. The fourth-order valence-electron chi connectivity index (χ4n) is 3.59. The van der Waals surface area contributed by atoms with Gasteiger partial charge in [-0.15, -0.1) is 5.54 Å². The molecule has 0 aliphatic heterocycles. The highest BCUT2D eigenvalue weighted by Gasteiger charge is 2.14. The fraction of sp³-hybridized carbons (Fsp3) is 0.378. The van der Waals surface area contributed by atoms with Crippen LogP contribution in [0.3, 0.4) is 0 Å². The third-order valence-electron chi connectivity index (χ3n) is 5.83. The van der Waals surface area contributed by atoms with Crippen LogP contribution in [0, 0.1) is 30.2 Å². The number of benzene rings is 3. The van der Waals surface area contributed by atoms with Crippen LogP contribution in [0.1, 0.15) is 39.5 Å². The lowest BCUT2D eigenvalue weighted by Crippen LogP contribution is -2.16. The average molecular weight is 647 g/mol. The Bertz CT molecular complexity index is 1470. The van der Waals surface area contributed by atoms with Crippen molar-refractivity contribution in [3.63, 3.8) is 0 Å². The van der Waals surface area contributed by atoms with Gasteiger partial charge >= 0.3 is 5.97 Å². The molecule has 0 unspecified atom stereocenters. The van der Waals surface area contributed by atoms with E-state index in [4.69, 9.17) is 33.2 Å². The number of carbonyl (C=O) groups excluding carboxylic acids is 1. The van der Waals surface area contributed by atoms with Crippen molar-refractivity contribution in [2.45, 2.75) is 33.5 Å². The van der Waals surface area contributed by atoms with Crippen LogP contribution in [0.15, 0.2) is 66.7 Å². The Morgan fingerprint density at radius 1 is 0.717 bits per heavy atom. The molecule has 0 bridgehead atoms. The number of esters is 1. The average Bonchev–Trinajstić information content (AvgIpc) is 3.03. The lowest BCUT2D eigenvalue weighted by Gasteiger charge is -2.08. The Kier molecular flexibility index (Phi) is 17.9. The molecule has 3 aromatic carbocycles. The number of aryl methyl sites for hydroxylation is 1. The molecule has 46 heavy (non-hydrogen) atoms. The van der Waals surface area contributed by atoms with Crippen molar-refractivity contribution in [1.82, 2.24) is 0 Å². The Labute approximate surface area is 275 Å². The molecule has 0 aliphatic carbocycles. The molecule has 8 nitrogen and oxygen atoms in total. The summed E-state index contributed by atoms with van der Waals surface area (Å²) in [5.74, 6) is 10.4. The maximum absolute atomic E-state index is 12.2. The van der Waals surface area contributed by atoms with Gasteiger partial charge in [0.05, 0.1) is 38.6 Å². The highest BCUT2D eigenvalue weighted by Crippen LogP contribution is 2.17. The van der Waals surface area contributed by atoms with Crippen LogP contribution in [-0.4, -0.2) is 74.9 Å². The maximum atomic E-state index is 12.2. The first-order valence-corrected chi connectivity index (χ1v) is 18.6. The first kappa shape index (κ1) is 38.1. The largest absolute Gasteiger partial charge is 0.468 e. The number of hydrogen-bond acceptors (Lipinski definition) is 8. The van der Waals surface area contributed by atoms with Gasteiger partial charge in [0.1, 0.15) is 19.6 Å². The van der Waals surface area contributed by atoms with Crippen molar-refractivity contribution in [2.24, 2.45) is 0 Å². The van der Waals surface area contributed by atoms with E-state index in [0.717, 1.165) is 22.4 Å². The molecule has 0 fully saturated rings. The van der Waals surface area contributed by atoms with Crippen LogP contribution in [0.5, 0.6) is 11.5 Å². The van der Waals surface area contributed by atoms with E-state index in [1.54, 1.807) is 21.1 Å². The molecule has 0 radical (unpaired) electrons. The van der Waals surface area contributed by atoms with Gasteiger partial charge in [-0.25, -0.2) is 4.79 Å². The molecule has 246 valence electrons. The lowest BCUT2D eigenvalue weighted by atomic mass is 10.0. The number of hydrogen-bond donors (Lipinski definition) is 0. The van der Waals surface area contributed by atoms with Gasteiger partial charge in [0, 0.05) is 30.9 Å². The second-order valence-electron chi connectivity index (χ2n) is 10.9. The van der Waals surface area contributed by atoms with Crippen LogP contribution in [0.2, 0.25) is 19.6 Å². The number of ether oxygens (including phenoxy) is 7. The Balaban J connectivity index is 0.000000341. The topological polar surface area (TPSA) is 81.7 Å². The summed E-state index contributed by atoms with van der Waals surface area (Å²) in [5.41, 5.74) is 7.08. The minimum absolute atomic E-state index is 0.144. The van der Waals surface area contributed by atoms with Gasteiger partial charge in [0.2, 0.25) is 0 Å². The third-order valence-corrected chi connectivity index (χ3v) is 6.70. The van der Waals surface area contributed by atoms with Gasteiger partial charge in [0.15, 0.2) is 13.6 Å². The molecule has 3 rings (SSSR count). The SMILES string of the molecule is CCOC(=O)c1c(C)cccc1C#Cc1cccc(OCOCCOC)c1.COCCOCOc1cccc(C#C[Si](C)(C)C)c1. The van der Waals surface area contributed by atoms with Crippen molar-refractivity contribution < 1.29 is 38.0 Å². The lowest BCUT2D eigenvalue weighted by molar-refractivity contribution is -0.00858. The van der Waals surface area contributed by atoms with E-state index < -0.39 is 8.07 Å². The number of methoxy groups -OCH3 is 2. The smallest absolute Gasteiger partial charge is 0.339 e. The fourth-order valence-corrected chi connectivity index (χ4v) is 4.11. The molecule has 0 saturated carbocycles. The quantitative estimate of drug-likeness (QED) is 0.0647.